The minimum absolute atomic E-state index is 0.120. The average molecular weight is 354 g/mol. The van der Waals surface area contributed by atoms with Crippen LogP contribution < -0.4 is 15.4 Å². The third kappa shape index (κ3) is 4.54. The van der Waals surface area contributed by atoms with Crippen LogP contribution in [0.5, 0.6) is 5.75 Å². The lowest BCUT2D eigenvalue weighted by Crippen LogP contribution is -2.41. The number of ether oxygens (including phenoxy) is 2. The Hall–Kier alpha value is -1.46. The molecule has 0 aliphatic carbocycles. The molecular formula is C18H28ClN3O2. The normalized spacial score (nSPS) is 16.3. The summed E-state index contributed by atoms with van der Waals surface area (Å²) in [6.07, 6.45) is 1.80. The molecule has 24 heavy (non-hydrogen) atoms. The maximum Gasteiger partial charge on any atom is 0.191 e. The number of nitrogens with one attached hydrogen (secondary N) is 2. The topological polar surface area (TPSA) is 54.9 Å². The van der Waals surface area contributed by atoms with Crippen molar-refractivity contribution in [2.45, 2.75) is 32.1 Å². The number of guanidine groups is 1. The maximum absolute atomic E-state index is 6.27. The van der Waals surface area contributed by atoms with Gasteiger partial charge in [-0.3, -0.25) is 4.99 Å². The van der Waals surface area contributed by atoms with Crippen LogP contribution in [0.1, 0.15) is 32.3 Å². The summed E-state index contributed by atoms with van der Waals surface area (Å²) in [4.78, 5) is 4.82. The highest BCUT2D eigenvalue weighted by atomic mass is 35.5. The summed E-state index contributed by atoms with van der Waals surface area (Å²) >= 11 is 6.27. The van der Waals surface area contributed by atoms with E-state index in [-0.39, 0.29) is 5.41 Å². The molecule has 1 aliphatic rings. The van der Waals surface area contributed by atoms with Crippen molar-refractivity contribution in [3.8, 4) is 5.75 Å². The SMILES string of the molecule is CCNC(=NCC1(c2cc(Cl)ccc2OC)CCOCC1)NCC. The van der Waals surface area contributed by atoms with E-state index in [1.807, 2.05) is 18.2 Å². The van der Waals surface area contributed by atoms with Crippen LogP contribution in [0.25, 0.3) is 0 Å². The Morgan fingerprint density at radius 2 is 1.92 bits per heavy atom. The number of rotatable bonds is 6. The lowest BCUT2D eigenvalue weighted by Gasteiger charge is -2.37. The van der Waals surface area contributed by atoms with E-state index in [0.717, 1.165) is 61.4 Å². The molecule has 134 valence electrons. The fraction of sp³-hybridized carbons (Fsp3) is 0.611. The molecule has 1 fully saturated rings. The highest BCUT2D eigenvalue weighted by molar-refractivity contribution is 6.30. The van der Waals surface area contributed by atoms with Crippen molar-refractivity contribution in [2.75, 3.05) is 40.0 Å². The van der Waals surface area contributed by atoms with Gasteiger partial charge in [-0.2, -0.15) is 0 Å². The van der Waals surface area contributed by atoms with Crippen LogP contribution >= 0.6 is 11.6 Å². The molecule has 6 heteroatoms. The predicted molar refractivity (Wildman–Crippen MR) is 99.4 cm³/mol. The number of nitrogens with zero attached hydrogens (tertiary/aromatic N) is 1. The molecule has 1 aliphatic heterocycles. The van der Waals surface area contributed by atoms with Crippen molar-refractivity contribution in [3.05, 3.63) is 28.8 Å². The van der Waals surface area contributed by atoms with Crippen LogP contribution in [0.3, 0.4) is 0 Å². The first kappa shape index (κ1) is 18.9. The van der Waals surface area contributed by atoms with E-state index >= 15 is 0 Å². The monoisotopic (exact) mass is 353 g/mol. The molecular weight excluding hydrogens is 326 g/mol. The van der Waals surface area contributed by atoms with Gasteiger partial charge in [-0.05, 0) is 44.9 Å². The van der Waals surface area contributed by atoms with Gasteiger partial charge in [0.25, 0.3) is 0 Å². The minimum atomic E-state index is -0.120. The second-order valence-corrected chi connectivity index (χ2v) is 6.40. The molecule has 1 aromatic rings. The Morgan fingerprint density at radius 3 is 2.50 bits per heavy atom. The second-order valence-electron chi connectivity index (χ2n) is 5.96. The number of methoxy groups -OCH3 is 1. The number of benzene rings is 1. The van der Waals surface area contributed by atoms with Crippen LogP contribution in [0, 0.1) is 0 Å². The smallest absolute Gasteiger partial charge is 0.191 e. The number of aliphatic imine (C=N–C) groups is 1. The molecule has 0 aromatic heterocycles. The lowest BCUT2D eigenvalue weighted by molar-refractivity contribution is 0.0523. The molecule has 1 saturated heterocycles. The predicted octanol–water partition coefficient (Wildman–Crippen LogP) is 2.97. The summed E-state index contributed by atoms with van der Waals surface area (Å²) in [5.74, 6) is 1.71. The zero-order valence-corrected chi connectivity index (χ0v) is 15.6. The molecule has 1 heterocycles. The van der Waals surface area contributed by atoms with Crippen molar-refractivity contribution < 1.29 is 9.47 Å². The van der Waals surface area contributed by atoms with Gasteiger partial charge in [0.2, 0.25) is 0 Å². The Morgan fingerprint density at radius 1 is 1.25 bits per heavy atom. The standard InChI is InChI=1S/C18H28ClN3O2/c1-4-20-17(21-5-2)22-13-18(8-10-24-11-9-18)15-12-14(19)6-7-16(15)23-3/h6-7,12H,4-5,8-11,13H2,1-3H3,(H2,20,21,22). The van der Waals surface area contributed by atoms with E-state index < -0.39 is 0 Å². The van der Waals surface area contributed by atoms with E-state index in [2.05, 4.69) is 24.5 Å². The van der Waals surface area contributed by atoms with Crippen LogP contribution in [-0.4, -0.2) is 45.9 Å². The molecule has 5 nitrogen and oxygen atoms in total. The van der Waals surface area contributed by atoms with Crippen molar-refractivity contribution in [1.29, 1.82) is 0 Å². The Kier molecular flexibility index (Phi) is 7.18. The largest absolute Gasteiger partial charge is 0.496 e. The summed E-state index contributed by atoms with van der Waals surface area (Å²) in [5, 5.41) is 7.29. The van der Waals surface area contributed by atoms with E-state index in [1.165, 1.54) is 0 Å². The van der Waals surface area contributed by atoms with Crippen molar-refractivity contribution in [3.63, 3.8) is 0 Å². The first-order valence-electron chi connectivity index (χ1n) is 8.59. The molecule has 2 N–H and O–H groups in total. The van der Waals surface area contributed by atoms with Crippen LogP contribution in [0.4, 0.5) is 0 Å². The van der Waals surface area contributed by atoms with Crippen molar-refractivity contribution in [1.82, 2.24) is 10.6 Å². The Bertz CT molecular complexity index is 549. The van der Waals surface area contributed by atoms with Gasteiger partial charge in [-0.1, -0.05) is 11.6 Å². The average Bonchev–Trinajstić information content (AvgIpc) is 2.61. The van der Waals surface area contributed by atoms with E-state index in [0.29, 0.717) is 6.54 Å². The molecule has 0 radical (unpaired) electrons. The van der Waals surface area contributed by atoms with Gasteiger partial charge in [-0.15, -0.1) is 0 Å². The fourth-order valence-electron chi connectivity index (χ4n) is 3.11. The summed E-state index contributed by atoms with van der Waals surface area (Å²) in [6.45, 7) is 7.92. The maximum atomic E-state index is 6.27. The molecule has 0 atom stereocenters. The number of hydrogen-bond acceptors (Lipinski definition) is 3. The highest BCUT2D eigenvalue weighted by Crippen LogP contribution is 2.41. The molecule has 0 spiro atoms. The highest BCUT2D eigenvalue weighted by Gasteiger charge is 2.37. The first-order valence-corrected chi connectivity index (χ1v) is 8.97. The van der Waals surface area contributed by atoms with Gasteiger partial charge in [0.1, 0.15) is 5.75 Å². The second kappa shape index (κ2) is 9.14. The fourth-order valence-corrected chi connectivity index (χ4v) is 3.28. The number of halogens is 1. The van der Waals surface area contributed by atoms with Gasteiger partial charge >= 0.3 is 0 Å². The van der Waals surface area contributed by atoms with Gasteiger partial charge in [-0.25, -0.2) is 0 Å². The molecule has 2 rings (SSSR count). The zero-order valence-electron chi connectivity index (χ0n) is 14.8. The summed E-state index contributed by atoms with van der Waals surface area (Å²) in [6, 6.07) is 5.82. The van der Waals surface area contributed by atoms with Gasteiger partial charge in [0.05, 0.1) is 13.7 Å². The van der Waals surface area contributed by atoms with Crippen LogP contribution in [0.15, 0.2) is 23.2 Å². The molecule has 0 unspecified atom stereocenters. The lowest BCUT2D eigenvalue weighted by atomic mass is 9.73. The van der Waals surface area contributed by atoms with Crippen molar-refractivity contribution >= 4 is 17.6 Å². The summed E-state index contributed by atoms with van der Waals surface area (Å²) < 4.78 is 11.2. The zero-order chi connectivity index (χ0) is 17.4. The number of hydrogen-bond donors (Lipinski definition) is 2. The van der Waals surface area contributed by atoms with E-state index in [4.69, 9.17) is 26.1 Å². The molecule has 0 amide bonds. The molecule has 1 aromatic carbocycles. The molecule has 0 bridgehead atoms. The van der Waals surface area contributed by atoms with Crippen LogP contribution in [0.2, 0.25) is 5.02 Å². The Labute approximate surface area is 149 Å². The van der Waals surface area contributed by atoms with Gasteiger partial charge in [0.15, 0.2) is 5.96 Å². The first-order chi connectivity index (χ1) is 11.6. The van der Waals surface area contributed by atoms with Crippen LogP contribution in [-0.2, 0) is 10.2 Å². The third-order valence-electron chi connectivity index (χ3n) is 4.41. The van der Waals surface area contributed by atoms with Gasteiger partial charge < -0.3 is 20.1 Å². The van der Waals surface area contributed by atoms with E-state index in [9.17, 15) is 0 Å². The Balaban J connectivity index is 2.36. The van der Waals surface area contributed by atoms with E-state index in [1.54, 1.807) is 7.11 Å². The van der Waals surface area contributed by atoms with Gasteiger partial charge in [0, 0.05) is 42.3 Å². The van der Waals surface area contributed by atoms with Crippen molar-refractivity contribution in [2.24, 2.45) is 4.99 Å². The minimum Gasteiger partial charge on any atom is -0.496 e. The summed E-state index contributed by atoms with van der Waals surface area (Å²) in [5.41, 5.74) is 1.00. The molecule has 0 saturated carbocycles. The quantitative estimate of drug-likeness (QED) is 0.610. The summed E-state index contributed by atoms with van der Waals surface area (Å²) in [7, 11) is 1.70. The third-order valence-corrected chi connectivity index (χ3v) is 4.65.